The number of nitrogens with zero attached hydrogens (tertiary/aromatic N) is 3. The second kappa shape index (κ2) is 7.53. The van der Waals surface area contributed by atoms with E-state index in [0.29, 0.717) is 28.4 Å². The average Bonchev–Trinajstić information content (AvgIpc) is 2.81. The van der Waals surface area contributed by atoms with E-state index >= 15 is 0 Å². The maximum atomic E-state index is 13.3. The third-order valence-corrected chi connectivity index (χ3v) is 5.22. The van der Waals surface area contributed by atoms with Gasteiger partial charge in [0.2, 0.25) is 0 Å². The summed E-state index contributed by atoms with van der Waals surface area (Å²) in [4.78, 5) is 35.6. The number of hydrogen-bond acceptors (Lipinski definition) is 5. The second-order valence-corrected chi connectivity index (χ2v) is 7.19. The first-order valence-electron chi connectivity index (χ1n) is 9.75. The highest BCUT2D eigenvalue weighted by Gasteiger charge is 2.23. The fourth-order valence-corrected chi connectivity index (χ4v) is 3.57. The molecular formula is C24H18N4O3. The van der Waals surface area contributed by atoms with E-state index in [2.05, 4.69) is 10.3 Å². The Kier molecular flexibility index (Phi) is 4.55. The van der Waals surface area contributed by atoms with Crippen molar-refractivity contribution in [3.05, 3.63) is 78.6 Å². The van der Waals surface area contributed by atoms with Crippen LogP contribution in [-0.4, -0.2) is 35.4 Å². The van der Waals surface area contributed by atoms with Gasteiger partial charge in [-0.25, -0.2) is 4.98 Å². The number of anilines is 2. The van der Waals surface area contributed by atoms with Crippen LogP contribution < -0.4 is 15.0 Å². The number of aromatic nitrogens is 2. The zero-order valence-electron chi connectivity index (χ0n) is 16.7. The number of carbonyl (C=O) groups excluding carboxylic acids is 2. The van der Waals surface area contributed by atoms with Crippen molar-refractivity contribution in [3.63, 3.8) is 0 Å². The molecule has 0 saturated carbocycles. The molecule has 0 saturated heterocycles. The molecule has 0 spiro atoms. The Hall–Kier alpha value is -4.26. The molecule has 3 heterocycles. The average molecular weight is 410 g/mol. The first-order valence-corrected chi connectivity index (χ1v) is 9.75. The van der Waals surface area contributed by atoms with Crippen molar-refractivity contribution in [1.29, 1.82) is 0 Å². The van der Waals surface area contributed by atoms with Crippen molar-refractivity contribution in [2.75, 3.05) is 23.9 Å². The van der Waals surface area contributed by atoms with Crippen molar-refractivity contribution < 1.29 is 14.3 Å². The Labute approximate surface area is 178 Å². The highest BCUT2D eigenvalue weighted by atomic mass is 16.5. The zero-order chi connectivity index (χ0) is 21.4. The van der Waals surface area contributed by atoms with E-state index < -0.39 is 0 Å². The topological polar surface area (TPSA) is 84.4 Å². The molecule has 5 rings (SSSR count). The Morgan fingerprint density at radius 2 is 1.97 bits per heavy atom. The zero-order valence-corrected chi connectivity index (χ0v) is 16.7. The summed E-state index contributed by atoms with van der Waals surface area (Å²) >= 11 is 0. The number of carbonyl (C=O) groups is 2. The molecule has 0 bridgehead atoms. The van der Waals surface area contributed by atoms with Crippen LogP contribution in [0.5, 0.6) is 5.75 Å². The van der Waals surface area contributed by atoms with Crippen LogP contribution in [-0.2, 0) is 4.79 Å². The SMILES string of the molecule is CN1C(=O)COc2ccc(NC(=O)c3cc(-c4cccnc4)nc4ccccc34)cc21. The quantitative estimate of drug-likeness (QED) is 0.554. The first kappa shape index (κ1) is 18.7. The van der Waals surface area contributed by atoms with Gasteiger partial charge in [0, 0.05) is 36.1 Å². The lowest BCUT2D eigenvalue weighted by Gasteiger charge is -2.26. The molecule has 0 aliphatic carbocycles. The molecule has 0 atom stereocenters. The minimum atomic E-state index is -0.269. The fourth-order valence-electron chi connectivity index (χ4n) is 3.57. The van der Waals surface area contributed by atoms with E-state index in [1.165, 1.54) is 4.90 Å². The largest absolute Gasteiger partial charge is 0.482 e. The molecule has 4 aromatic rings. The number of fused-ring (bicyclic) bond motifs is 2. The molecule has 0 radical (unpaired) electrons. The summed E-state index contributed by atoms with van der Waals surface area (Å²) in [5.74, 6) is 0.194. The molecule has 1 aliphatic rings. The molecule has 0 fully saturated rings. The molecule has 1 N–H and O–H groups in total. The Bertz CT molecular complexity index is 1320. The van der Waals surface area contributed by atoms with Crippen molar-refractivity contribution >= 4 is 34.1 Å². The maximum absolute atomic E-state index is 13.3. The summed E-state index contributed by atoms with van der Waals surface area (Å²) < 4.78 is 5.46. The lowest BCUT2D eigenvalue weighted by molar-refractivity contribution is -0.120. The number of ether oxygens (including phenoxy) is 1. The summed E-state index contributed by atoms with van der Waals surface area (Å²) in [5.41, 5.74) is 3.90. The standard InChI is InChI=1S/C24H18N4O3/c1-28-21-11-16(8-9-22(21)31-14-23(28)29)26-24(30)18-12-20(15-5-4-10-25-13-15)27-19-7-3-2-6-17(18)19/h2-13H,14H2,1H3,(H,26,30). The van der Waals surface area contributed by atoms with Gasteiger partial charge in [0.25, 0.3) is 11.8 Å². The number of rotatable bonds is 3. The molecule has 7 nitrogen and oxygen atoms in total. The summed E-state index contributed by atoms with van der Waals surface area (Å²) in [6.45, 7) is 0.00926. The van der Waals surface area contributed by atoms with Crippen molar-refractivity contribution in [2.24, 2.45) is 0 Å². The Balaban J connectivity index is 1.54. The number of amides is 2. The molecule has 2 amide bonds. The van der Waals surface area contributed by atoms with Gasteiger partial charge in [0.05, 0.1) is 22.5 Å². The smallest absolute Gasteiger partial charge is 0.264 e. The minimum Gasteiger partial charge on any atom is -0.482 e. The van der Waals surface area contributed by atoms with Gasteiger partial charge in [-0.05, 0) is 42.5 Å². The van der Waals surface area contributed by atoms with Crippen LogP contribution in [0.4, 0.5) is 11.4 Å². The summed E-state index contributed by atoms with van der Waals surface area (Å²) in [7, 11) is 1.69. The number of hydrogen-bond donors (Lipinski definition) is 1. The highest BCUT2D eigenvalue weighted by molar-refractivity contribution is 6.13. The van der Waals surface area contributed by atoms with E-state index in [1.54, 1.807) is 43.7 Å². The number of para-hydroxylation sites is 1. The van der Waals surface area contributed by atoms with Gasteiger partial charge in [0.15, 0.2) is 6.61 Å². The van der Waals surface area contributed by atoms with Crippen LogP contribution in [0.1, 0.15) is 10.4 Å². The molecule has 31 heavy (non-hydrogen) atoms. The molecule has 152 valence electrons. The summed E-state index contributed by atoms with van der Waals surface area (Å²) in [6, 6.07) is 18.3. The summed E-state index contributed by atoms with van der Waals surface area (Å²) in [6.07, 6.45) is 3.41. The molecule has 2 aromatic carbocycles. The predicted molar refractivity (Wildman–Crippen MR) is 118 cm³/mol. The van der Waals surface area contributed by atoms with E-state index in [-0.39, 0.29) is 18.4 Å². The van der Waals surface area contributed by atoms with E-state index in [4.69, 9.17) is 9.72 Å². The number of likely N-dealkylation sites (N-methyl/N-ethyl adjacent to an activating group) is 1. The number of nitrogens with one attached hydrogen (secondary N) is 1. The Morgan fingerprint density at radius 1 is 1.10 bits per heavy atom. The summed E-state index contributed by atoms with van der Waals surface area (Å²) in [5, 5.41) is 3.69. The van der Waals surface area contributed by atoms with Crippen molar-refractivity contribution in [1.82, 2.24) is 9.97 Å². The van der Waals surface area contributed by atoms with Gasteiger partial charge in [-0.3, -0.25) is 14.6 Å². The fraction of sp³-hybridized carbons (Fsp3) is 0.0833. The molecule has 2 aromatic heterocycles. The lowest BCUT2D eigenvalue weighted by atomic mass is 10.0. The van der Waals surface area contributed by atoms with Gasteiger partial charge in [-0.15, -0.1) is 0 Å². The molecule has 7 heteroatoms. The van der Waals surface area contributed by atoms with Crippen LogP contribution in [0.15, 0.2) is 73.1 Å². The molecule has 1 aliphatic heterocycles. The highest BCUT2D eigenvalue weighted by Crippen LogP contribution is 2.34. The predicted octanol–water partition coefficient (Wildman–Crippen LogP) is 3.90. The van der Waals surface area contributed by atoms with Crippen LogP contribution in [0, 0.1) is 0 Å². The van der Waals surface area contributed by atoms with Crippen LogP contribution in [0.2, 0.25) is 0 Å². The van der Waals surface area contributed by atoms with Gasteiger partial charge in [-0.2, -0.15) is 0 Å². The van der Waals surface area contributed by atoms with E-state index in [1.807, 2.05) is 36.4 Å². The van der Waals surface area contributed by atoms with Gasteiger partial charge in [-0.1, -0.05) is 18.2 Å². The number of benzene rings is 2. The Morgan fingerprint density at radius 3 is 2.81 bits per heavy atom. The minimum absolute atomic E-state index is 0.00926. The van der Waals surface area contributed by atoms with Crippen LogP contribution >= 0.6 is 0 Å². The first-order chi connectivity index (χ1) is 15.1. The maximum Gasteiger partial charge on any atom is 0.264 e. The third-order valence-electron chi connectivity index (χ3n) is 5.22. The lowest BCUT2D eigenvalue weighted by Crippen LogP contribution is -2.35. The van der Waals surface area contributed by atoms with Gasteiger partial charge >= 0.3 is 0 Å². The van der Waals surface area contributed by atoms with Crippen LogP contribution in [0.25, 0.3) is 22.2 Å². The molecule has 0 unspecified atom stereocenters. The normalized spacial score (nSPS) is 12.9. The van der Waals surface area contributed by atoms with E-state index in [0.717, 1.165) is 16.5 Å². The van der Waals surface area contributed by atoms with E-state index in [9.17, 15) is 9.59 Å². The third kappa shape index (κ3) is 3.46. The van der Waals surface area contributed by atoms with Crippen LogP contribution in [0.3, 0.4) is 0 Å². The van der Waals surface area contributed by atoms with Gasteiger partial charge < -0.3 is 15.0 Å². The van der Waals surface area contributed by atoms with Crippen molar-refractivity contribution in [2.45, 2.75) is 0 Å². The van der Waals surface area contributed by atoms with Crippen molar-refractivity contribution in [3.8, 4) is 17.0 Å². The molecular weight excluding hydrogens is 392 g/mol. The monoisotopic (exact) mass is 410 g/mol. The van der Waals surface area contributed by atoms with Gasteiger partial charge in [0.1, 0.15) is 5.75 Å². The number of pyridine rings is 2. The second-order valence-electron chi connectivity index (χ2n) is 7.19.